The number of nitrogens with zero attached hydrogens (tertiary/aromatic N) is 2. The molecule has 0 saturated heterocycles. The van der Waals surface area contributed by atoms with Gasteiger partial charge < -0.3 is 15.4 Å². The van der Waals surface area contributed by atoms with Gasteiger partial charge in [-0.3, -0.25) is 0 Å². The Bertz CT molecular complexity index is 746. The van der Waals surface area contributed by atoms with Crippen molar-refractivity contribution in [2.75, 3.05) is 0 Å². The fourth-order valence-electron chi connectivity index (χ4n) is 2.69. The second-order valence-corrected chi connectivity index (χ2v) is 5.18. The van der Waals surface area contributed by atoms with Gasteiger partial charge in [0.15, 0.2) is 0 Å². The molecule has 3 rings (SSSR count). The van der Waals surface area contributed by atoms with Crippen molar-refractivity contribution in [3.05, 3.63) is 59.9 Å². The largest absolute Gasteiger partial charge is 0.508 e. The molecule has 3 N–H and O–H groups in total. The highest BCUT2D eigenvalue weighted by Crippen LogP contribution is 2.22. The van der Waals surface area contributed by atoms with Gasteiger partial charge in [0, 0.05) is 6.54 Å². The summed E-state index contributed by atoms with van der Waals surface area (Å²) in [6.07, 6.45) is 0.698. The third-order valence-corrected chi connectivity index (χ3v) is 3.72. The second-order valence-electron chi connectivity index (χ2n) is 5.18. The molecule has 0 fully saturated rings. The zero-order valence-corrected chi connectivity index (χ0v) is 12.0. The molecule has 0 spiro atoms. The summed E-state index contributed by atoms with van der Waals surface area (Å²) in [6, 6.07) is 15.1. The van der Waals surface area contributed by atoms with Crippen LogP contribution < -0.4 is 5.73 Å². The highest BCUT2D eigenvalue weighted by atomic mass is 16.3. The SMILES string of the molecule is CCn1c(C(N)Cc2ccc(O)cc2)nc2ccccc21. The Hall–Kier alpha value is -2.33. The molecule has 4 heteroatoms. The van der Waals surface area contributed by atoms with Crippen molar-refractivity contribution in [1.29, 1.82) is 0 Å². The van der Waals surface area contributed by atoms with Crippen molar-refractivity contribution in [2.45, 2.75) is 25.9 Å². The Morgan fingerprint density at radius 1 is 1.14 bits per heavy atom. The predicted molar refractivity (Wildman–Crippen MR) is 84.1 cm³/mol. The summed E-state index contributed by atoms with van der Waals surface area (Å²) in [4.78, 5) is 4.69. The standard InChI is InChI=1S/C17H19N3O/c1-2-20-16-6-4-3-5-15(16)19-17(20)14(18)11-12-7-9-13(21)10-8-12/h3-10,14,21H,2,11,18H2,1H3. The van der Waals surface area contributed by atoms with E-state index in [-0.39, 0.29) is 11.8 Å². The molecule has 0 radical (unpaired) electrons. The van der Waals surface area contributed by atoms with Crippen LogP contribution >= 0.6 is 0 Å². The number of aromatic hydroxyl groups is 1. The maximum atomic E-state index is 9.34. The minimum Gasteiger partial charge on any atom is -0.508 e. The third-order valence-electron chi connectivity index (χ3n) is 3.72. The minimum atomic E-state index is -0.165. The molecular formula is C17H19N3O. The van der Waals surface area contributed by atoms with Crippen LogP contribution in [0.5, 0.6) is 5.75 Å². The molecule has 0 bridgehead atoms. The zero-order chi connectivity index (χ0) is 14.8. The number of para-hydroxylation sites is 2. The van der Waals surface area contributed by atoms with Gasteiger partial charge in [0.05, 0.1) is 17.1 Å². The molecule has 2 aromatic carbocycles. The number of fused-ring (bicyclic) bond motifs is 1. The lowest BCUT2D eigenvalue weighted by Crippen LogP contribution is -2.18. The Labute approximate surface area is 123 Å². The smallest absolute Gasteiger partial charge is 0.127 e. The van der Waals surface area contributed by atoms with Gasteiger partial charge >= 0.3 is 0 Å². The van der Waals surface area contributed by atoms with Gasteiger partial charge in [0.2, 0.25) is 0 Å². The van der Waals surface area contributed by atoms with E-state index in [1.165, 1.54) is 0 Å². The van der Waals surface area contributed by atoms with Crippen molar-refractivity contribution >= 4 is 11.0 Å². The molecule has 108 valence electrons. The van der Waals surface area contributed by atoms with E-state index in [1.807, 2.05) is 30.3 Å². The van der Waals surface area contributed by atoms with Crippen LogP contribution in [0.1, 0.15) is 24.4 Å². The van der Waals surface area contributed by atoms with Crippen LogP contribution in [0.15, 0.2) is 48.5 Å². The number of nitrogens with two attached hydrogens (primary N) is 1. The van der Waals surface area contributed by atoms with E-state index >= 15 is 0 Å². The van der Waals surface area contributed by atoms with E-state index in [9.17, 15) is 5.11 Å². The number of aryl methyl sites for hydroxylation is 1. The first-order valence-corrected chi connectivity index (χ1v) is 7.17. The molecule has 0 aliphatic heterocycles. The van der Waals surface area contributed by atoms with Gasteiger partial charge in [0.25, 0.3) is 0 Å². The molecule has 1 aromatic heterocycles. The molecule has 0 saturated carbocycles. The molecule has 21 heavy (non-hydrogen) atoms. The van der Waals surface area contributed by atoms with E-state index in [4.69, 9.17) is 5.73 Å². The van der Waals surface area contributed by atoms with Gasteiger partial charge in [-0.2, -0.15) is 0 Å². The lowest BCUT2D eigenvalue weighted by molar-refractivity contribution is 0.475. The summed E-state index contributed by atoms with van der Waals surface area (Å²) in [5.41, 5.74) is 9.56. The molecule has 0 aliphatic carbocycles. The molecule has 4 nitrogen and oxygen atoms in total. The molecule has 0 amide bonds. The summed E-state index contributed by atoms with van der Waals surface area (Å²) >= 11 is 0. The van der Waals surface area contributed by atoms with Crippen molar-refractivity contribution in [1.82, 2.24) is 9.55 Å². The van der Waals surface area contributed by atoms with Crippen molar-refractivity contribution < 1.29 is 5.11 Å². The number of benzene rings is 2. The summed E-state index contributed by atoms with van der Waals surface area (Å²) in [6.45, 7) is 2.95. The highest BCUT2D eigenvalue weighted by Gasteiger charge is 2.16. The first-order valence-electron chi connectivity index (χ1n) is 7.17. The van der Waals surface area contributed by atoms with E-state index in [2.05, 4.69) is 22.5 Å². The summed E-state index contributed by atoms with van der Waals surface area (Å²) < 4.78 is 2.17. The van der Waals surface area contributed by atoms with Gasteiger partial charge in [0.1, 0.15) is 11.6 Å². The van der Waals surface area contributed by atoms with Crippen LogP contribution in [0.25, 0.3) is 11.0 Å². The summed E-state index contributed by atoms with van der Waals surface area (Å²) in [7, 11) is 0. The van der Waals surface area contributed by atoms with E-state index in [1.54, 1.807) is 12.1 Å². The van der Waals surface area contributed by atoms with Crippen molar-refractivity contribution in [3.63, 3.8) is 0 Å². The van der Waals surface area contributed by atoms with Crippen LogP contribution in [-0.2, 0) is 13.0 Å². The highest BCUT2D eigenvalue weighted by molar-refractivity contribution is 5.76. The number of aromatic nitrogens is 2. The number of rotatable bonds is 4. The topological polar surface area (TPSA) is 64.1 Å². The van der Waals surface area contributed by atoms with Gasteiger partial charge in [-0.1, -0.05) is 24.3 Å². The Morgan fingerprint density at radius 3 is 2.57 bits per heavy atom. The number of phenols is 1. The molecule has 1 atom stereocenters. The first-order chi connectivity index (χ1) is 10.2. The molecule has 1 unspecified atom stereocenters. The molecule has 0 aliphatic rings. The van der Waals surface area contributed by atoms with Gasteiger partial charge in [-0.15, -0.1) is 0 Å². The maximum Gasteiger partial charge on any atom is 0.127 e. The van der Waals surface area contributed by atoms with Crippen LogP contribution in [0.2, 0.25) is 0 Å². The van der Waals surface area contributed by atoms with E-state index in [0.29, 0.717) is 6.42 Å². The molecular weight excluding hydrogens is 262 g/mol. The second kappa shape index (κ2) is 5.58. The number of imidazole rings is 1. The van der Waals surface area contributed by atoms with E-state index < -0.39 is 0 Å². The van der Waals surface area contributed by atoms with Gasteiger partial charge in [-0.05, 0) is 43.2 Å². The van der Waals surface area contributed by atoms with Crippen LogP contribution in [0.4, 0.5) is 0 Å². The quantitative estimate of drug-likeness (QED) is 0.772. The number of hydrogen-bond acceptors (Lipinski definition) is 3. The summed E-state index contributed by atoms with van der Waals surface area (Å²) in [5.74, 6) is 1.18. The Kier molecular flexibility index (Phi) is 3.62. The zero-order valence-electron chi connectivity index (χ0n) is 12.0. The fourth-order valence-corrected chi connectivity index (χ4v) is 2.69. The monoisotopic (exact) mass is 281 g/mol. The lowest BCUT2D eigenvalue weighted by Gasteiger charge is -2.13. The van der Waals surface area contributed by atoms with Crippen LogP contribution in [0, 0.1) is 0 Å². The molecule has 3 aromatic rings. The maximum absolute atomic E-state index is 9.34. The van der Waals surface area contributed by atoms with Crippen LogP contribution in [-0.4, -0.2) is 14.7 Å². The third kappa shape index (κ3) is 2.62. The average Bonchev–Trinajstić information content (AvgIpc) is 2.88. The predicted octanol–water partition coefficient (Wildman–Crippen LogP) is 3.00. The van der Waals surface area contributed by atoms with Crippen molar-refractivity contribution in [3.8, 4) is 5.75 Å². The van der Waals surface area contributed by atoms with E-state index in [0.717, 1.165) is 29.0 Å². The lowest BCUT2D eigenvalue weighted by atomic mass is 10.1. The van der Waals surface area contributed by atoms with Crippen molar-refractivity contribution in [2.24, 2.45) is 5.73 Å². The fraction of sp³-hybridized carbons (Fsp3) is 0.235. The Balaban J connectivity index is 1.93. The number of hydrogen-bond donors (Lipinski definition) is 2. The average molecular weight is 281 g/mol. The minimum absolute atomic E-state index is 0.165. The first kappa shape index (κ1) is 13.6. The summed E-state index contributed by atoms with van der Waals surface area (Å²) in [5, 5.41) is 9.34. The number of phenolic OH excluding ortho intramolecular Hbond substituents is 1. The van der Waals surface area contributed by atoms with Crippen LogP contribution in [0.3, 0.4) is 0 Å². The van der Waals surface area contributed by atoms with Gasteiger partial charge in [-0.25, -0.2) is 4.98 Å². The molecule has 1 heterocycles. The Morgan fingerprint density at radius 2 is 1.86 bits per heavy atom. The normalized spacial score (nSPS) is 12.7.